The number of hydrogen-bond donors (Lipinski definition) is 0. The van der Waals surface area contributed by atoms with Crippen molar-refractivity contribution >= 4 is 28.7 Å². The van der Waals surface area contributed by atoms with Gasteiger partial charge in [-0.3, -0.25) is 4.79 Å². The van der Waals surface area contributed by atoms with Crippen LogP contribution < -0.4 is 0 Å². The molecule has 150 valence electrons. The minimum absolute atomic E-state index is 0.201. The second-order valence-corrected chi connectivity index (χ2v) is 8.84. The Morgan fingerprint density at radius 2 is 1.97 bits per heavy atom. The summed E-state index contributed by atoms with van der Waals surface area (Å²) in [7, 11) is 0. The van der Waals surface area contributed by atoms with Gasteiger partial charge in [-0.15, -0.1) is 0 Å². The Labute approximate surface area is 173 Å². The lowest BCUT2D eigenvalue weighted by Gasteiger charge is -2.33. The highest BCUT2D eigenvalue weighted by Crippen LogP contribution is 2.34. The van der Waals surface area contributed by atoms with Crippen LogP contribution in [0.15, 0.2) is 51.9 Å². The SMILES string of the molecule is O=C1CN(CCN2CCC(c3noc4cc(F)ccc34)CC2)Sc2ccccc21. The van der Waals surface area contributed by atoms with E-state index in [1.54, 1.807) is 18.0 Å². The van der Waals surface area contributed by atoms with Gasteiger partial charge in [0.1, 0.15) is 5.82 Å². The number of benzene rings is 2. The molecule has 0 aliphatic carbocycles. The van der Waals surface area contributed by atoms with Gasteiger partial charge >= 0.3 is 0 Å². The Morgan fingerprint density at radius 1 is 1.14 bits per heavy atom. The van der Waals surface area contributed by atoms with Crippen LogP contribution in [0.3, 0.4) is 0 Å². The standard InChI is InChI=1S/C22H22FN3O2S/c23-16-5-6-18-20(13-16)28-24-22(18)15-7-9-25(10-8-15)11-12-26-14-19(27)17-3-1-2-4-21(17)29-26/h1-6,13,15H,7-12,14H2. The van der Waals surface area contributed by atoms with Crippen LogP contribution in [0, 0.1) is 5.82 Å². The number of hydrogen-bond acceptors (Lipinski definition) is 6. The molecule has 0 bridgehead atoms. The number of aromatic nitrogens is 1. The van der Waals surface area contributed by atoms with Crippen molar-refractivity contribution in [3.05, 3.63) is 59.5 Å². The van der Waals surface area contributed by atoms with E-state index in [1.165, 1.54) is 12.1 Å². The smallest absolute Gasteiger partial charge is 0.178 e. The first-order chi connectivity index (χ1) is 14.2. The number of nitrogens with zero attached hydrogens (tertiary/aromatic N) is 3. The predicted molar refractivity (Wildman–Crippen MR) is 111 cm³/mol. The van der Waals surface area contributed by atoms with Gasteiger partial charge in [-0.1, -0.05) is 23.4 Å². The van der Waals surface area contributed by atoms with E-state index in [0.717, 1.165) is 60.6 Å². The summed E-state index contributed by atoms with van der Waals surface area (Å²) in [5.41, 5.74) is 2.32. The Hall–Kier alpha value is -2.22. The van der Waals surface area contributed by atoms with E-state index in [-0.39, 0.29) is 11.6 Å². The Kier molecular flexibility index (Phi) is 5.11. The summed E-state index contributed by atoms with van der Waals surface area (Å²) >= 11 is 1.68. The number of halogens is 1. The molecule has 0 amide bonds. The highest BCUT2D eigenvalue weighted by Gasteiger charge is 2.27. The molecule has 2 aromatic carbocycles. The van der Waals surface area contributed by atoms with Crippen molar-refractivity contribution in [3.8, 4) is 0 Å². The van der Waals surface area contributed by atoms with Crippen LogP contribution in [0.5, 0.6) is 0 Å². The van der Waals surface area contributed by atoms with E-state index in [1.807, 2.05) is 24.3 Å². The Bertz CT molecular complexity index is 1050. The summed E-state index contributed by atoms with van der Waals surface area (Å²) in [5, 5.41) is 5.15. The van der Waals surface area contributed by atoms with Crippen molar-refractivity contribution in [1.29, 1.82) is 0 Å². The summed E-state index contributed by atoms with van der Waals surface area (Å²) in [4.78, 5) is 15.8. The fraction of sp³-hybridized carbons (Fsp3) is 0.364. The van der Waals surface area contributed by atoms with Crippen LogP contribution in [0.2, 0.25) is 0 Å². The van der Waals surface area contributed by atoms with Crippen molar-refractivity contribution in [2.45, 2.75) is 23.7 Å². The topological polar surface area (TPSA) is 49.6 Å². The molecule has 2 aliphatic heterocycles. The van der Waals surface area contributed by atoms with Crippen LogP contribution in [-0.2, 0) is 0 Å². The molecule has 2 aliphatic rings. The quantitative estimate of drug-likeness (QED) is 0.595. The molecule has 1 saturated heterocycles. The second kappa shape index (κ2) is 7.89. The molecular formula is C22H22FN3O2S. The third-order valence-corrected chi connectivity index (χ3v) is 6.96. The van der Waals surface area contributed by atoms with Crippen LogP contribution in [0.25, 0.3) is 11.0 Å². The molecule has 0 atom stereocenters. The third kappa shape index (κ3) is 3.82. The summed E-state index contributed by atoms with van der Waals surface area (Å²) in [6.45, 7) is 4.26. The Morgan fingerprint density at radius 3 is 2.83 bits per heavy atom. The minimum atomic E-state index is -0.299. The van der Waals surface area contributed by atoms with Crippen molar-refractivity contribution in [3.63, 3.8) is 0 Å². The van der Waals surface area contributed by atoms with Gasteiger partial charge in [0.05, 0.1) is 12.2 Å². The van der Waals surface area contributed by atoms with Crippen LogP contribution in [0.1, 0.15) is 34.8 Å². The summed E-state index contributed by atoms with van der Waals surface area (Å²) < 4.78 is 20.9. The normalized spacial score (nSPS) is 19.0. The van der Waals surface area contributed by atoms with Gasteiger partial charge in [-0.25, -0.2) is 8.70 Å². The number of piperidine rings is 1. The van der Waals surface area contributed by atoms with Crippen molar-refractivity contribution in [2.24, 2.45) is 0 Å². The van der Waals surface area contributed by atoms with Crippen LogP contribution >= 0.6 is 11.9 Å². The van der Waals surface area contributed by atoms with Gasteiger partial charge in [-0.05, 0) is 56.1 Å². The molecule has 0 spiro atoms. The van der Waals surface area contributed by atoms with Crippen molar-refractivity contribution in [2.75, 3.05) is 32.7 Å². The molecule has 3 heterocycles. The fourth-order valence-electron chi connectivity index (χ4n) is 4.23. The maximum Gasteiger partial charge on any atom is 0.178 e. The largest absolute Gasteiger partial charge is 0.356 e. The minimum Gasteiger partial charge on any atom is -0.356 e. The number of Topliss-reactive ketones (excluding diaryl/α,β-unsaturated/α-hetero) is 1. The zero-order valence-electron chi connectivity index (χ0n) is 16.0. The van der Waals surface area contributed by atoms with Crippen LogP contribution in [-0.4, -0.2) is 52.9 Å². The molecule has 0 N–H and O–H groups in total. The van der Waals surface area contributed by atoms with E-state index in [4.69, 9.17) is 4.52 Å². The lowest BCUT2D eigenvalue weighted by atomic mass is 9.91. The highest BCUT2D eigenvalue weighted by atomic mass is 32.2. The zero-order valence-corrected chi connectivity index (χ0v) is 16.8. The Balaban J connectivity index is 1.16. The van der Waals surface area contributed by atoms with Gasteiger partial charge in [0.2, 0.25) is 0 Å². The van der Waals surface area contributed by atoms with Crippen molar-refractivity contribution in [1.82, 2.24) is 14.4 Å². The van der Waals surface area contributed by atoms with Gasteiger partial charge in [0, 0.05) is 40.9 Å². The average Bonchev–Trinajstić information content (AvgIpc) is 3.16. The van der Waals surface area contributed by atoms with E-state index in [2.05, 4.69) is 14.4 Å². The molecule has 0 saturated carbocycles. The van der Waals surface area contributed by atoms with E-state index < -0.39 is 0 Å². The van der Waals surface area contributed by atoms with Gasteiger partial charge < -0.3 is 9.42 Å². The lowest BCUT2D eigenvalue weighted by molar-refractivity contribution is 0.0957. The number of rotatable bonds is 4. The van der Waals surface area contributed by atoms with Gasteiger partial charge in [0.15, 0.2) is 11.4 Å². The third-order valence-electron chi connectivity index (χ3n) is 5.84. The molecule has 5 rings (SSSR count). The van der Waals surface area contributed by atoms with E-state index >= 15 is 0 Å². The lowest BCUT2D eigenvalue weighted by Crippen LogP contribution is -2.39. The van der Waals surface area contributed by atoms with Gasteiger partial charge in [0.25, 0.3) is 0 Å². The number of fused-ring (bicyclic) bond motifs is 2. The molecule has 1 fully saturated rings. The molecule has 0 unspecified atom stereocenters. The maximum absolute atomic E-state index is 13.4. The van der Waals surface area contributed by atoms with Crippen LogP contribution in [0.4, 0.5) is 4.39 Å². The summed E-state index contributed by atoms with van der Waals surface area (Å²) in [5.74, 6) is 0.245. The molecule has 7 heteroatoms. The molecule has 29 heavy (non-hydrogen) atoms. The number of carbonyl (C=O) groups excluding carboxylic acids is 1. The molecule has 5 nitrogen and oxygen atoms in total. The van der Waals surface area contributed by atoms with E-state index in [0.29, 0.717) is 18.0 Å². The average molecular weight is 412 g/mol. The van der Waals surface area contributed by atoms with E-state index in [9.17, 15) is 9.18 Å². The first-order valence-electron chi connectivity index (χ1n) is 10.00. The molecule has 3 aromatic rings. The monoisotopic (exact) mass is 411 g/mol. The number of likely N-dealkylation sites (tertiary alicyclic amines) is 1. The number of carbonyl (C=O) groups is 1. The van der Waals surface area contributed by atoms with Gasteiger partial charge in [-0.2, -0.15) is 0 Å². The first kappa shape index (κ1) is 18.8. The molecule has 0 radical (unpaired) electrons. The molecular weight excluding hydrogens is 389 g/mol. The second-order valence-electron chi connectivity index (χ2n) is 7.70. The highest BCUT2D eigenvalue weighted by molar-refractivity contribution is 7.97. The predicted octanol–water partition coefficient (Wildman–Crippen LogP) is 4.35. The fourth-order valence-corrected chi connectivity index (χ4v) is 5.28. The summed E-state index contributed by atoms with van der Waals surface area (Å²) in [6, 6.07) is 12.5. The molecule has 1 aromatic heterocycles. The summed E-state index contributed by atoms with van der Waals surface area (Å²) in [6.07, 6.45) is 2.02. The maximum atomic E-state index is 13.4. The number of ketones is 1. The zero-order chi connectivity index (χ0) is 19.8. The van der Waals surface area contributed by atoms with Crippen molar-refractivity contribution < 1.29 is 13.7 Å². The first-order valence-corrected chi connectivity index (χ1v) is 10.8.